The molecule has 1 atom stereocenters. The number of ether oxygens (including phenoxy) is 2. The molecule has 1 aliphatic rings. The molecule has 1 unspecified atom stereocenters. The molecular weight excluding hydrogens is 238 g/mol. The standard InChI is InChI=1S/C12H21NO5/c1-12(2,3)18-8-10(14)13-4-5-17-9(7-13)6-11(15)16/h9H,4-8H2,1-3H3,(H,15,16). The monoisotopic (exact) mass is 259 g/mol. The number of carboxylic acids is 1. The fourth-order valence-corrected chi connectivity index (χ4v) is 1.63. The predicted octanol–water partition coefficient (Wildman–Crippen LogP) is 0.504. The normalized spacial score (nSPS) is 20.8. The van der Waals surface area contributed by atoms with E-state index in [4.69, 9.17) is 14.6 Å². The molecule has 0 spiro atoms. The van der Waals surface area contributed by atoms with Crippen LogP contribution in [0.3, 0.4) is 0 Å². The molecule has 6 heteroatoms. The van der Waals surface area contributed by atoms with Gasteiger partial charge >= 0.3 is 5.97 Å². The largest absolute Gasteiger partial charge is 0.481 e. The number of morpholine rings is 1. The van der Waals surface area contributed by atoms with Crippen molar-refractivity contribution in [2.75, 3.05) is 26.3 Å². The molecule has 0 aromatic heterocycles. The molecule has 18 heavy (non-hydrogen) atoms. The van der Waals surface area contributed by atoms with Crippen LogP contribution >= 0.6 is 0 Å². The van der Waals surface area contributed by atoms with Crippen LogP contribution < -0.4 is 0 Å². The number of hydrogen-bond donors (Lipinski definition) is 1. The zero-order valence-corrected chi connectivity index (χ0v) is 11.1. The van der Waals surface area contributed by atoms with E-state index in [1.807, 2.05) is 20.8 Å². The fraction of sp³-hybridized carbons (Fsp3) is 0.833. The van der Waals surface area contributed by atoms with Gasteiger partial charge in [0.1, 0.15) is 6.61 Å². The Morgan fingerprint density at radius 1 is 1.44 bits per heavy atom. The van der Waals surface area contributed by atoms with Gasteiger partial charge < -0.3 is 19.5 Å². The average molecular weight is 259 g/mol. The molecule has 1 saturated heterocycles. The first-order valence-electron chi connectivity index (χ1n) is 6.03. The fourth-order valence-electron chi connectivity index (χ4n) is 1.63. The lowest BCUT2D eigenvalue weighted by atomic mass is 10.2. The Kier molecular flexibility index (Phi) is 5.10. The van der Waals surface area contributed by atoms with Gasteiger partial charge in [0.2, 0.25) is 5.91 Å². The molecule has 1 heterocycles. The molecule has 0 aromatic carbocycles. The van der Waals surface area contributed by atoms with Crippen molar-refractivity contribution >= 4 is 11.9 Å². The lowest BCUT2D eigenvalue weighted by molar-refractivity contribution is -0.152. The molecule has 1 rings (SSSR count). The van der Waals surface area contributed by atoms with E-state index in [1.165, 1.54) is 0 Å². The van der Waals surface area contributed by atoms with Crippen molar-refractivity contribution in [3.05, 3.63) is 0 Å². The maximum Gasteiger partial charge on any atom is 0.306 e. The summed E-state index contributed by atoms with van der Waals surface area (Å²) < 4.78 is 10.7. The van der Waals surface area contributed by atoms with E-state index in [0.717, 1.165) is 0 Å². The van der Waals surface area contributed by atoms with E-state index in [-0.39, 0.29) is 24.5 Å². The highest BCUT2D eigenvalue weighted by Crippen LogP contribution is 2.11. The summed E-state index contributed by atoms with van der Waals surface area (Å²) in [6.07, 6.45) is -0.501. The van der Waals surface area contributed by atoms with E-state index in [1.54, 1.807) is 4.90 Å². The molecule has 0 bridgehead atoms. The van der Waals surface area contributed by atoms with Crippen molar-refractivity contribution in [3.8, 4) is 0 Å². The molecule has 0 radical (unpaired) electrons. The summed E-state index contributed by atoms with van der Waals surface area (Å²) in [6.45, 7) is 6.84. The SMILES string of the molecule is CC(C)(C)OCC(=O)N1CCOC(CC(=O)O)C1. The second kappa shape index (κ2) is 6.15. The summed E-state index contributed by atoms with van der Waals surface area (Å²) in [6, 6.07) is 0. The number of nitrogens with zero attached hydrogens (tertiary/aromatic N) is 1. The number of carbonyl (C=O) groups is 2. The quantitative estimate of drug-likeness (QED) is 0.795. The van der Waals surface area contributed by atoms with Gasteiger partial charge in [-0.1, -0.05) is 0 Å². The Bertz CT molecular complexity index is 310. The molecule has 104 valence electrons. The molecule has 0 aromatic rings. The average Bonchev–Trinajstić information content (AvgIpc) is 2.24. The third kappa shape index (κ3) is 5.46. The van der Waals surface area contributed by atoms with Crippen LogP contribution in [0.15, 0.2) is 0 Å². The lowest BCUT2D eigenvalue weighted by Crippen LogP contribution is -2.48. The third-order valence-corrected chi connectivity index (χ3v) is 2.52. The maximum absolute atomic E-state index is 11.9. The summed E-state index contributed by atoms with van der Waals surface area (Å²) >= 11 is 0. The molecule has 1 aliphatic heterocycles. The molecular formula is C12H21NO5. The maximum atomic E-state index is 11.9. The highest BCUT2D eigenvalue weighted by Gasteiger charge is 2.26. The van der Waals surface area contributed by atoms with Gasteiger partial charge in [-0.15, -0.1) is 0 Å². The van der Waals surface area contributed by atoms with Gasteiger partial charge in [0.25, 0.3) is 0 Å². The van der Waals surface area contributed by atoms with Gasteiger partial charge in [-0.25, -0.2) is 0 Å². The van der Waals surface area contributed by atoms with E-state index in [9.17, 15) is 9.59 Å². The summed E-state index contributed by atoms with van der Waals surface area (Å²) in [5.74, 6) is -1.04. The number of carbonyl (C=O) groups excluding carboxylic acids is 1. The minimum atomic E-state index is -0.916. The Morgan fingerprint density at radius 2 is 2.11 bits per heavy atom. The summed E-state index contributed by atoms with van der Waals surface area (Å²) in [7, 11) is 0. The summed E-state index contributed by atoms with van der Waals surface area (Å²) in [5.41, 5.74) is -0.359. The van der Waals surface area contributed by atoms with Crippen molar-refractivity contribution in [1.29, 1.82) is 0 Å². The van der Waals surface area contributed by atoms with Gasteiger partial charge in [0.05, 0.1) is 24.7 Å². The van der Waals surface area contributed by atoms with Crippen LogP contribution in [0.1, 0.15) is 27.2 Å². The second-order valence-electron chi connectivity index (χ2n) is 5.33. The van der Waals surface area contributed by atoms with Gasteiger partial charge in [-0.05, 0) is 20.8 Å². The van der Waals surface area contributed by atoms with Crippen molar-refractivity contribution in [2.24, 2.45) is 0 Å². The third-order valence-electron chi connectivity index (χ3n) is 2.52. The molecule has 1 amide bonds. The highest BCUT2D eigenvalue weighted by atomic mass is 16.5. The molecule has 0 saturated carbocycles. The van der Waals surface area contributed by atoms with Crippen LogP contribution in [0.5, 0.6) is 0 Å². The Balaban J connectivity index is 2.41. The lowest BCUT2D eigenvalue weighted by Gasteiger charge is -2.33. The molecule has 0 aliphatic carbocycles. The van der Waals surface area contributed by atoms with Crippen LogP contribution in [-0.2, 0) is 19.1 Å². The van der Waals surface area contributed by atoms with Crippen molar-refractivity contribution in [1.82, 2.24) is 4.90 Å². The van der Waals surface area contributed by atoms with Crippen molar-refractivity contribution in [2.45, 2.75) is 38.9 Å². The van der Waals surface area contributed by atoms with Crippen LogP contribution in [0, 0.1) is 0 Å². The van der Waals surface area contributed by atoms with Crippen LogP contribution in [0.2, 0.25) is 0 Å². The number of carboxylic acid groups (broad SMARTS) is 1. The molecule has 6 nitrogen and oxygen atoms in total. The van der Waals surface area contributed by atoms with Gasteiger partial charge in [0, 0.05) is 13.1 Å². The number of hydrogen-bond acceptors (Lipinski definition) is 4. The van der Waals surface area contributed by atoms with Gasteiger partial charge in [-0.2, -0.15) is 0 Å². The summed E-state index contributed by atoms with van der Waals surface area (Å²) in [4.78, 5) is 24.1. The first-order valence-corrected chi connectivity index (χ1v) is 6.03. The zero-order valence-electron chi connectivity index (χ0n) is 11.1. The Hall–Kier alpha value is -1.14. The minimum absolute atomic E-state index is 0.0172. The smallest absolute Gasteiger partial charge is 0.306 e. The second-order valence-corrected chi connectivity index (χ2v) is 5.33. The Morgan fingerprint density at radius 3 is 2.67 bits per heavy atom. The first kappa shape index (κ1) is 14.9. The van der Waals surface area contributed by atoms with Gasteiger partial charge in [-0.3, -0.25) is 9.59 Å². The minimum Gasteiger partial charge on any atom is -0.481 e. The van der Waals surface area contributed by atoms with Crippen molar-refractivity contribution in [3.63, 3.8) is 0 Å². The van der Waals surface area contributed by atoms with E-state index in [0.29, 0.717) is 19.7 Å². The first-order chi connectivity index (χ1) is 8.28. The van der Waals surface area contributed by atoms with Crippen molar-refractivity contribution < 1.29 is 24.2 Å². The van der Waals surface area contributed by atoms with Crippen LogP contribution in [0.4, 0.5) is 0 Å². The van der Waals surface area contributed by atoms with Gasteiger partial charge in [0.15, 0.2) is 0 Å². The zero-order chi connectivity index (χ0) is 13.8. The van der Waals surface area contributed by atoms with E-state index < -0.39 is 12.1 Å². The summed E-state index contributed by atoms with van der Waals surface area (Å²) in [5, 5.41) is 8.69. The number of rotatable bonds is 4. The number of aliphatic carboxylic acids is 1. The Labute approximate surface area is 107 Å². The van der Waals surface area contributed by atoms with Crippen LogP contribution in [0.25, 0.3) is 0 Å². The topological polar surface area (TPSA) is 76.1 Å². The highest BCUT2D eigenvalue weighted by molar-refractivity contribution is 5.77. The molecule has 1 N–H and O–H groups in total. The molecule has 1 fully saturated rings. The van der Waals surface area contributed by atoms with Crippen LogP contribution in [-0.4, -0.2) is 59.9 Å². The van der Waals surface area contributed by atoms with E-state index >= 15 is 0 Å². The number of amides is 1. The predicted molar refractivity (Wildman–Crippen MR) is 64.3 cm³/mol. The van der Waals surface area contributed by atoms with E-state index in [2.05, 4.69) is 0 Å².